The van der Waals surface area contributed by atoms with Crippen LogP contribution in [0, 0.1) is 5.41 Å². The van der Waals surface area contributed by atoms with Crippen LogP contribution >= 0.6 is 15.9 Å². The maximum Gasteiger partial charge on any atom is 0.0178 e. The molecule has 0 atom stereocenters. The number of benzene rings is 1. The lowest BCUT2D eigenvalue weighted by molar-refractivity contribution is 0.0132. The first-order valence-electron chi connectivity index (χ1n) is 7.56. The van der Waals surface area contributed by atoms with Crippen LogP contribution in [-0.2, 0) is 5.41 Å². The van der Waals surface area contributed by atoms with Crippen LogP contribution in [0.5, 0.6) is 0 Å². The maximum absolute atomic E-state index is 3.62. The highest BCUT2D eigenvalue weighted by molar-refractivity contribution is 9.10. The van der Waals surface area contributed by atoms with Crippen LogP contribution in [0.15, 0.2) is 28.7 Å². The Morgan fingerprint density at radius 2 is 1.84 bits per heavy atom. The van der Waals surface area contributed by atoms with Gasteiger partial charge < -0.3 is 5.32 Å². The minimum Gasteiger partial charge on any atom is -0.316 e. The lowest BCUT2D eigenvalue weighted by Crippen LogP contribution is -2.54. The molecule has 19 heavy (non-hydrogen) atoms. The molecular formula is C17H26BrN. The summed E-state index contributed by atoms with van der Waals surface area (Å²) >= 11 is 3.62. The molecule has 0 saturated heterocycles. The molecule has 2 heteroatoms. The summed E-state index contributed by atoms with van der Waals surface area (Å²) in [4.78, 5) is 0. The summed E-state index contributed by atoms with van der Waals surface area (Å²) in [5.41, 5.74) is 2.43. The third-order valence-electron chi connectivity index (χ3n) is 5.08. The zero-order valence-electron chi connectivity index (χ0n) is 12.4. The summed E-state index contributed by atoms with van der Waals surface area (Å²) in [6.07, 6.45) is 5.28. The first kappa shape index (κ1) is 15.1. The molecule has 1 aromatic carbocycles. The van der Waals surface area contributed by atoms with Crippen molar-refractivity contribution in [1.82, 2.24) is 5.32 Å². The van der Waals surface area contributed by atoms with E-state index in [4.69, 9.17) is 0 Å². The van der Waals surface area contributed by atoms with Gasteiger partial charge in [-0.15, -0.1) is 0 Å². The number of hydrogen-bond donors (Lipinski definition) is 1. The molecule has 0 amide bonds. The standard InChI is InChI=1S/C17H26BrN/c1-4-16(5-2)11-17(12-16,13-19-6-3)14-8-7-9-15(18)10-14/h7-10,19H,4-6,11-13H2,1-3H3. The summed E-state index contributed by atoms with van der Waals surface area (Å²) in [5, 5.41) is 3.58. The quantitative estimate of drug-likeness (QED) is 0.785. The highest BCUT2D eigenvalue weighted by Gasteiger charge is 2.52. The zero-order chi connectivity index (χ0) is 13.9. The van der Waals surface area contributed by atoms with Crippen LogP contribution in [0.25, 0.3) is 0 Å². The second kappa shape index (κ2) is 5.97. The molecule has 1 aromatic rings. The van der Waals surface area contributed by atoms with E-state index in [0.29, 0.717) is 10.8 Å². The summed E-state index contributed by atoms with van der Waals surface area (Å²) < 4.78 is 1.20. The van der Waals surface area contributed by atoms with E-state index in [1.807, 2.05) is 0 Å². The molecule has 0 aliphatic heterocycles. The van der Waals surface area contributed by atoms with E-state index in [9.17, 15) is 0 Å². The normalized spacial score (nSPS) is 20.0. The van der Waals surface area contributed by atoms with Crippen molar-refractivity contribution in [2.75, 3.05) is 13.1 Å². The van der Waals surface area contributed by atoms with E-state index in [1.54, 1.807) is 0 Å². The van der Waals surface area contributed by atoms with Crippen molar-refractivity contribution in [2.45, 2.75) is 51.9 Å². The van der Waals surface area contributed by atoms with Crippen LogP contribution in [0.4, 0.5) is 0 Å². The van der Waals surface area contributed by atoms with E-state index in [-0.39, 0.29) is 0 Å². The molecule has 2 rings (SSSR count). The summed E-state index contributed by atoms with van der Waals surface area (Å²) in [6, 6.07) is 8.91. The van der Waals surface area contributed by atoms with Crippen LogP contribution < -0.4 is 5.32 Å². The lowest BCUT2D eigenvalue weighted by atomic mass is 9.48. The van der Waals surface area contributed by atoms with Crippen molar-refractivity contribution in [3.8, 4) is 0 Å². The Labute approximate surface area is 126 Å². The van der Waals surface area contributed by atoms with Crippen molar-refractivity contribution in [3.63, 3.8) is 0 Å². The first-order chi connectivity index (χ1) is 9.10. The Morgan fingerprint density at radius 1 is 1.16 bits per heavy atom. The molecule has 0 heterocycles. The third-order valence-corrected chi connectivity index (χ3v) is 5.57. The first-order valence-corrected chi connectivity index (χ1v) is 8.36. The third kappa shape index (κ3) is 2.90. The van der Waals surface area contributed by atoms with E-state index in [2.05, 4.69) is 66.3 Å². The number of rotatable bonds is 6. The van der Waals surface area contributed by atoms with E-state index in [0.717, 1.165) is 13.1 Å². The summed E-state index contributed by atoms with van der Waals surface area (Å²) in [7, 11) is 0. The zero-order valence-corrected chi connectivity index (χ0v) is 14.0. The van der Waals surface area contributed by atoms with Crippen LogP contribution in [0.3, 0.4) is 0 Å². The summed E-state index contributed by atoms with van der Waals surface area (Å²) in [6.45, 7) is 9.06. The Morgan fingerprint density at radius 3 is 2.37 bits per heavy atom. The highest BCUT2D eigenvalue weighted by Crippen LogP contribution is 2.59. The molecule has 1 saturated carbocycles. The average Bonchev–Trinajstić information content (AvgIpc) is 2.39. The van der Waals surface area contributed by atoms with Gasteiger partial charge in [0.05, 0.1) is 0 Å². The molecule has 0 bridgehead atoms. The van der Waals surface area contributed by atoms with Gasteiger partial charge in [-0.2, -0.15) is 0 Å². The Bertz CT molecular complexity index is 415. The van der Waals surface area contributed by atoms with E-state index in [1.165, 1.54) is 35.7 Å². The molecular weight excluding hydrogens is 298 g/mol. The molecule has 1 aliphatic rings. The molecule has 1 nitrogen and oxygen atoms in total. The molecule has 0 spiro atoms. The molecule has 106 valence electrons. The Kier molecular flexibility index (Phi) is 4.73. The van der Waals surface area contributed by atoms with Crippen molar-refractivity contribution in [1.29, 1.82) is 0 Å². The van der Waals surface area contributed by atoms with Gasteiger partial charge in [-0.25, -0.2) is 0 Å². The molecule has 1 aliphatic carbocycles. The number of halogens is 1. The van der Waals surface area contributed by atoms with Crippen molar-refractivity contribution in [3.05, 3.63) is 34.3 Å². The van der Waals surface area contributed by atoms with Gasteiger partial charge in [-0.3, -0.25) is 0 Å². The summed E-state index contributed by atoms with van der Waals surface area (Å²) in [5.74, 6) is 0. The lowest BCUT2D eigenvalue weighted by Gasteiger charge is -2.57. The van der Waals surface area contributed by atoms with E-state index < -0.39 is 0 Å². The minimum atomic E-state index is 0.353. The topological polar surface area (TPSA) is 12.0 Å². The molecule has 0 unspecified atom stereocenters. The number of likely N-dealkylation sites (N-methyl/N-ethyl adjacent to an activating group) is 1. The predicted octanol–water partition coefficient (Wildman–Crippen LogP) is 4.90. The fraction of sp³-hybridized carbons (Fsp3) is 0.647. The second-order valence-electron chi connectivity index (χ2n) is 6.13. The fourth-order valence-corrected chi connectivity index (χ4v) is 4.15. The van der Waals surface area contributed by atoms with Gasteiger partial charge in [0.1, 0.15) is 0 Å². The fourth-order valence-electron chi connectivity index (χ4n) is 3.75. The largest absolute Gasteiger partial charge is 0.316 e. The van der Waals surface area contributed by atoms with Crippen LogP contribution in [-0.4, -0.2) is 13.1 Å². The molecule has 1 fully saturated rings. The Hall–Kier alpha value is -0.340. The van der Waals surface area contributed by atoms with Crippen LogP contribution in [0.1, 0.15) is 52.0 Å². The molecule has 0 aromatic heterocycles. The van der Waals surface area contributed by atoms with Gasteiger partial charge in [0.2, 0.25) is 0 Å². The number of hydrogen-bond acceptors (Lipinski definition) is 1. The minimum absolute atomic E-state index is 0.353. The van der Waals surface area contributed by atoms with Gasteiger partial charge in [0, 0.05) is 16.4 Å². The molecule has 0 radical (unpaired) electrons. The monoisotopic (exact) mass is 323 g/mol. The number of nitrogens with one attached hydrogen (secondary N) is 1. The maximum atomic E-state index is 3.62. The second-order valence-corrected chi connectivity index (χ2v) is 7.05. The van der Waals surface area contributed by atoms with Crippen LogP contribution in [0.2, 0.25) is 0 Å². The molecule has 1 N–H and O–H groups in total. The Balaban J connectivity index is 2.23. The predicted molar refractivity (Wildman–Crippen MR) is 86.6 cm³/mol. The average molecular weight is 324 g/mol. The van der Waals surface area contributed by atoms with Gasteiger partial charge in [-0.1, -0.05) is 61.7 Å². The van der Waals surface area contributed by atoms with Gasteiger partial charge >= 0.3 is 0 Å². The highest BCUT2D eigenvalue weighted by atomic mass is 79.9. The SMILES string of the molecule is CCNCC1(c2cccc(Br)c2)CC(CC)(CC)C1. The van der Waals surface area contributed by atoms with Gasteiger partial charge in [-0.05, 0) is 42.5 Å². The van der Waals surface area contributed by atoms with Crippen molar-refractivity contribution < 1.29 is 0 Å². The van der Waals surface area contributed by atoms with E-state index >= 15 is 0 Å². The van der Waals surface area contributed by atoms with Gasteiger partial charge in [0.25, 0.3) is 0 Å². The van der Waals surface area contributed by atoms with Crippen molar-refractivity contribution >= 4 is 15.9 Å². The van der Waals surface area contributed by atoms with Crippen molar-refractivity contribution in [2.24, 2.45) is 5.41 Å². The smallest absolute Gasteiger partial charge is 0.0178 e. The van der Waals surface area contributed by atoms with Gasteiger partial charge in [0.15, 0.2) is 0 Å².